The molecule has 0 bridgehead atoms. The van der Waals surface area contributed by atoms with Crippen molar-refractivity contribution in [3.8, 4) is 0 Å². The van der Waals surface area contributed by atoms with Gasteiger partial charge in [0.25, 0.3) is 0 Å². The summed E-state index contributed by atoms with van der Waals surface area (Å²) in [5, 5.41) is 3.44. The van der Waals surface area contributed by atoms with Gasteiger partial charge >= 0.3 is 0 Å². The number of rotatable bonds is 5. The maximum Gasteiger partial charge on any atom is 0.129 e. The van der Waals surface area contributed by atoms with Gasteiger partial charge in [-0.2, -0.15) is 0 Å². The first kappa shape index (κ1) is 14.8. The summed E-state index contributed by atoms with van der Waals surface area (Å²) in [6, 6.07) is 7.75. The van der Waals surface area contributed by atoms with Crippen molar-refractivity contribution in [1.29, 1.82) is 0 Å². The molecule has 21 heavy (non-hydrogen) atoms. The summed E-state index contributed by atoms with van der Waals surface area (Å²) in [5.74, 6) is 1.16. The largest absolute Gasteiger partial charge is 0.351 e. The molecule has 0 spiro atoms. The molecule has 3 heterocycles. The van der Waals surface area contributed by atoms with E-state index in [0.29, 0.717) is 6.04 Å². The monoisotopic (exact) mass is 288 g/mol. The van der Waals surface area contributed by atoms with Gasteiger partial charge in [0, 0.05) is 31.7 Å². The average Bonchev–Trinajstić information content (AvgIpc) is 2.94. The van der Waals surface area contributed by atoms with Crippen LogP contribution >= 0.6 is 0 Å². The van der Waals surface area contributed by atoms with Crippen LogP contribution in [0.25, 0.3) is 0 Å². The Morgan fingerprint density at radius 1 is 1.33 bits per heavy atom. The lowest BCUT2D eigenvalue weighted by Gasteiger charge is -2.43. The maximum atomic E-state index is 4.88. The normalized spacial score (nSPS) is 26.1. The summed E-state index contributed by atoms with van der Waals surface area (Å²) in [4.78, 5) is 10.0. The molecule has 1 N–H and O–H groups in total. The van der Waals surface area contributed by atoms with E-state index in [4.69, 9.17) is 4.98 Å². The lowest BCUT2D eigenvalue weighted by atomic mass is 10.1. The SMILES string of the molecule is CCCNCc1cccc(N2CC3CCCN3CC2C)n1. The number of anilines is 1. The molecular formula is C17H28N4. The third-order valence-corrected chi connectivity index (χ3v) is 4.76. The zero-order chi connectivity index (χ0) is 14.7. The molecule has 116 valence electrons. The van der Waals surface area contributed by atoms with Gasteiger partial charge in [0.05, 0.1) is 5.69 Å². The van der Waals surface area contributed by atoms with Crippen LogP contribution in [-0.2, 0) is 6.54 Å². The van der Waals surface area contributed by atoms with Gasteiger partial charge in [0.1, 0.15) is 5.82 Å². The molecular weight excluding hydrogens is 260 g/mol. The fourth-order valence-corrected chi connectivity index (χ4v) is 3.63. The number of aromatic nitrogens is 1. The quantitative estimate of drug-likeness (QED) is 0.842. The summed E-state index contributed by atoms with van der Waals surface area (Å²) in [6.45, 7) is 10.1. The number of pyridine rings is 1. The molecule has 0 radical (unpaired) electrons. The molecule has 0 aromatic carbocycles. The fraction of sp³-hybridized carbons (Fsp3) is 0.706. The van der Waals surface area contributed by atoms with Gasteiger partial charge in [-0.25, -0.2) is 4.98 Å². The van der Waals surface area contributed by atoms with Crippen molar-refractivity contribution in [3.63, 3.8) is 0 Å². The van der Waals surface area contributed by atoms with E-state index in [-0.39, 0.29) is 0 Å². The second-order valence-corrected chi connectivity index (χ2v) is 6.46. The van der Waals surface area contributed by atoms with Crippen LogP contribution < -0.4 is 10.2 Å². The highest BCUT2D eigenvalue weighted by molar-refractivity contribution is 5.42. The van der Waals surface area contributed by atoms with Crippen LogP contribution in [0.3, 0.4) is 0 Å². The van der Waals surface area contributed by atoms with Gasteiger partial charge in [-0.3, -0.25) is 4.90 Å². The van der Waals surface area contributed by atoms with Gasteiger partial charge in [0.15, 0.2) is 0 Å². The second kappa shape index (κ2) is 6.75. The molecule has 4 heteroatoms. The van der Waals surface area contributed by atoms with Crippen molar-refractivity contribution in [2.75, 3.05) is 31.1 Å². The van der Waals surface area contributed by atoms with Crippen molar-refractivity contribution in [1.82, 2.24) is 15.2 Å². The number of nitrogens with zero attached hydrogens (tertiary/aromatic N) is 3. The van der Waals surface area contributed by atoms with Crippen LogP contribution in [0.15, 0.2) is 18.2 Å². The first-order valence-corrected chi connectivity index (χ1v) is 8.45. The van der Waals surface area contributed by atoms with Crippen molar-refractivity contribution < 1.29 is 0 Å². The van der Waals surface area contributed by atoms with Gasteiger partial charge in [-0.15, -0.1) is 0 Å². The predicted molar refractivity (Wildman–Crippen MR) is 87.6 cm³/mol. The molecule has 4 nitrogen and oxygen atoms in total. The van der Waals surface area contributed by atoms with Crippen molar-refractivity contribution >= 4 is 5.82 Å². The highest BCUT2D eigenvalue weighted by atomic mass is 15.3. The maximum absolute atomic E-state index is 4.88. The van der Waals surface area contributed by atoms with Crippen LogP contribution in [0.2, 0.25) is 0 Å². The summed E-state index contributed by atoms with van der Waals surface area (Å²) < 4.78 is 0. The van der Waals surface area contributed by atoms with E-state index in [1.165, 1.54) is 32.4 Å². The zero-order valence-electron chi connectivity index (χ0n) is 13.4. The van der Waals surface area contributed by atoms with Crippen LogP contribution in [0.5, 0.6) is 0 Å². The van der Waals surface area contributed by atoms with Crippen LogP contribution in [-0.4, -0.2) is 48.1 Å². The molecule has 0 aliphatic carbocycles. The molecule has 2 saturated heterocycles. The molecule has 2 aliphatic rings. The fourth-order valence-electron chi connectivity index (χ4n) is 3.63. The Morgan fingerprint density at radius 2 is 2.24 bits per heavy atom. The topological polar surface area (TPSA) is 31.4 Å². The van der Waals surface area contributed by atoms with Crippen molar-refractivity contribution in [3.05, 3.63) is 23.9 Å². The van der Waals surface area contributed by atoms with E-state index < -0.39 is 0 Å². The molecule has 3 rings (SSSR count). The van der Waals surface area contributed by atoms with Crippen molar-refractivity contribution in [2.45, 2.75) is 51.7 Å². The van der Waals surface area contributed by atoms with Gasteiger partial charge < -0.3 is 10.2 Å². The summed E-state index contributed by atoms with van der Waals surface area (Å²) in [7, 11) is 0. The van der Waals surface area contributed by atoms with Gasteiger partial charge in [-0.1, -0.05) is 13.0 Å². The molecule has 2 aliphatic heterocycles. The zero-order valence-corrected chi connectivity index (χ0v) is 13.4. The average molecular weight is 288 g/mol. The third-order valence-electron chi connectivity index (χ3n) is 4.76. The summed E-state index contributed by atoms with van der Waals surface area (Å²) >= 11 is 0. The number of hydrogen-bond donors (Lipinski definition) is 1. The Balaban J connectivity index is 1.69. The minimum atomic E-state index is 0.561. The number of hydrogen-bond acceptors (Lipinski definition) is 4. The van der Waals surface area contributed by atoms with Gasteiger partial charge in [-0.05, 0) is 51.4 Å². The molecule has 0 saturated carbocycles. The summed E-state index contributed by atoms with van der Waals surface area (Å²) in [5.41, 5.74) is 1.15. The number of piperazine rings is 1. The standard InChI is InChI=1S/C17H28N4/c1-3-9-18-11-15-6-4-8-17(19-15)21-13-16-7-5-10-20(16)12-14(21)2/h4,6,8,14,16,18H,3,5,7,9-13H2,1-2H3. The Kier molecular flexibility index (Phi) is 4.76. The van der Waals surface area contributed by atoms with Gasteiger partial charge in [0.2, 0.25) is 0 Å². The summed E-state index contributed by atoms with van der Waals surface area (Å²) in [6.07, 6.45) is 3.88. The molecule has 0 amide bonds. The Hall–Kier alpha value is -1.13. The highest BCUT2D eigenvalue weighted by Crippen LogP contribution is 2.27. The highest BCUT2D eigenvalue weighted by Gasteiger charge is 2.34. The smallest absolute Gasteiger partial charge is 0.129 e. The molecule has 2 atom stereocenters. The Bertz CT molecular complexity index is 462. The third kappa shape index (κ3) is 3.38. The minimum Gasteiger partial charge on any atom is -0.351 e. The van der Waals surface area contributed by atoms with E-state index >= 15 is 0 Å². The second-order valence-electron chi connectivity index (χ2n) is 6.46. The molecule has 2 fully saturated rings. The molecule has 1 aromatic rings. The first-order chi connectivity index (χ1) is 10.3. The van der Waals surface area contributed by atoms with E-state index in [0.717, 1.165) is 37.2 Å². The van der Waals surface area contributed by atoms with E-state index in [1.54, 1.807) is 0 Å². The van der Waals surface area contributed by atoms with Crippen LogP contribution in [0.4, 0.5) is 5.82 Å². The van der Waals surface area contributed by atoms with E-state index in [2.05, 4.69) is 47.2 Å². The predicted octanol–water partition coefficient (Wildman–Crippen LogP) is 2.25. The number of fused-ring (bicyclic) bond motifs is 1. The molecule has 1 aromatic heterocycles. The Labute approximate surface area is 128 Å². The van der Waals surface area contributed by atoms with E-state index in [9.17, 15) is 0 Å². The Morgan fingerprint density at radius 3 is 3.10 bits per heavy atom. The lowest BCUT2D eigenvalue weighted by Crippen LogP contribution is -2.55. The van der Waals surface area contributed by atoms with E-state index in [1.807, 2.05) is 0 Å². The number of nitrogens with one attached hydrogen (secondary N) is 1. The lowest BCUT2D eigenvalue weighted by molar-refractivity contribution is 0.202. The van der Waals surface area contributed by atoms with Crippen LogP contribution in [0, 0.1) is 0 Å². The first-order valence-electron chi connectivity index (χ1n) is 8.45. The molecule has 2 unspecified atom stereocenters. The van der Waals surface area contributed by atoms with Crippen LogP contribution in [0.1, 0.15) is 38.8 Å². The minimum absolute atomic E-state index is 0.561. The van der Waals surface area contributed by atoms with Crippen molar-refractivity contribution in [2.24, 2.45) is 0 Å².